The van der Waals surface area contributed by atoms with Gasteiger partial charge in [0, 0.05) is 31.6 Å². The second-order valence-corrected chi connectivity index (χ2v) is 10.7. The molecular formula is C20H29BrN2O7S. The Kier molecular flexibility index (Phi) is 8.58. The Balaban J connectivity index is 1.90. The number of carbonyl (C=O) groups excluding carboxylic acids is 2. The van der Waals surface area contributed by atoms with Crippen molar-refractivity contribution in [3.05, 3.63) is 22.7 Å². The fourth-order valence-electron chi connectivity index (χ4n) is 2.90. The summed E-state index contributed by atoms with van der Waals surface area (Å²) in [7, 11) is -3.88. The molecular weight excluding hydrogens is 492 g/mol. The highest BCUT2D eigenvalue weighted by Crippen LogP contribution is 2.31. The van der Waals surface area contributed by atoms with Crippen LogP contribution < -0.4 is 9.46 Å². The number of esters is 1. The van der Waals surface area contributed by atoms with Crippen LogP contribution in [0.1, 0.15) is 40.5 Å². The van der Waals surface area contributed by atoms with Crippen molar-refractivity contribution in [2.24, 2.45) is 0 Å². The maximum atomic E-state index is 12.2. The number of hydrogen-bond donors (Lipinski definition) is 1. The normalized spacial score (nSPS) is 15.3. The summed E-state index contributed by atoms with van der Waals surface area (Å²) in [6.45, 7) is 8.28. The number of halogens is 1. The minimum atomic E-state index is -3.88. The first-order chi connectivity index (χ1) is 14.4. The monoisotopic (exact) mass is 520 g/mol. The van der Waals surface area contributed by atoms with Crippen molar-refractivity contribution in [1.29, 1.82) is 0 Å². The van der Waals surface area contributed by atoms with E-state index in [1.54, 1.807) is 30.0 Å². The van der Waals surface area contributed by atoms with Gasteiger partial charge in [0.2, 0.25) is 10.0 Å². The summed E-state index contributed by atoms with van der Waals surface area (Å²) in [6.07, 6.45) is 0.895. The molecule has 1 N–H and O–H groups in total. The van der Waals surface area contributed by atoms with E-state index in [0.29, 0.717) is 41.8 Å². The summed E-state index contributed by atoms with van der Waals surface area (Å²) < 4.78 is 43.1. The van der Waals surface area contributed by atoms with Gasteiger partial charge in [0.1, 0.15) is 17.5 Å². The van der Waals surface area contributed by atoms with Gasteiger partial charge in [-0.25, -0.2) is 13.2 Å². The number of benzene rings is 1. The Morgan fingerprint density at radius 1 is 1.23 bits per heavy atom. The minimum absolute atomic E-state index is 0.0821. The predicted molar refractivity (Wildman–Crippen MR) is 120 cm³/mol. The van der Waals surface area contributed by atoms with Crippen LogP contribution in [-0.2, 0) is 24.3 Å². The number of amides is 1. The van der Waals surface area contributed by atoms with Gasteiger partial charge in [-0.2, -0.15) is 0 Å². The van der Waals surface area contributed by atoms with E-state index in [0.717, 1.165) is 0 Å². The van der Waals surface area contributed by atoms with E-state index >= 15 is 0 Å². The zero-order chi connectivity index (χ0) is 23.2. The summed E-state index contributed by atoms with van der Waals surface area (Å²) in [5, 5.41) is 0. The molecule has 31 heavy (non-hydrogen) atoms. The van der Waals surface area contributed by atoms with E-state index in [2.05, 4.69) is 25.4 Å². The highest BCUT2D eigenvalue weighted by molar-refractivity contribution is 9.10. The van der Waals surface area contributed by atoms with Crippen molar-refractivity contribution in [3.63, 3.8) is 0 Å². The highest BCUT2D eigenvalue weighted by atomic mass is 79.9. The lowest BCUT2D eigenvalue weighted by Crippen LogP contribution is -2.44. The first kappa shape index (κ1) is 25.3. The fraction of sp³-hybridized carbons (Fsp3) is 0.600. The van der Waals surface area contributed by atoms with Gasteiger partial charge < -0.3 is 19.1 Å². The van der Waals surface area contributed by atoms with Gasteiger partial charge >= 0.3 is 12.1 Å². The molecule has 0 aromatic heterocycles. The Labute approximate surface area is 191 Å². The van der Waals surface area contributed by atoms with E-state index in [1.807, 2.05) is 20.8 Å². The van der Waals surface area contributed by atoms with Crippen LogP contribution in [0, 0.1) is 0 Å². The number of rotatable bonds is 7. The Bertz CT molecular complexity index is 891. The van der Waals surface area contributed by atoms with Crippen LogP contribution in [0.3, 0.4) is 0 Å². The highest BCUT2D eigenvalue weighted by Gasteiger charge is 2.28. The van der Waals surface area contributed by atoms with E-state index < -0.39 is 27.3 Å². The molecule has 1 aromatic carbocycles. The third-order valence-corrected chi connectivity index (χ3v) is 5.99. The van der Waals surface area contributed by atoms with Gasteiger partial charge in [0.05, 0.1) is 11.1 Å². The number of hydrogen-bond acceptors (Lipinski definition) is 7. The number of piperidine rings is 1. The van der Waals surface area contributed by atoms with Gasteiger partial charge in [-0.3, -0.25) is 9.52 Å². The largest absolute Gasteiger partial charge is 0.489 e. The molecule has 0 aliphatic carbocycles. The number of anilines is 1. The molecule has 1 heterocycles. The molecule has 174 valence electrons. The molecule has 9 nitrogen and oxygen atoms in total. The van der Waals surface area contributed by atoms with Crippen LogP contribution in [0.4, 0.5) is 10.5 Å². The first-order valence-electron chi connectivity index (χ1n) is 9.99. The SMILES string of the molecule is CCOC(=O)CS(=O)(=O)Nc1ccc(OC2CCN(C(=O)OC(C)(C)C)CC2)c(Br)c1. The molecule has 11 heteroatoms. The molecule has 1 fully saturated rings. The van der Waals surface area contributed by atoms with E-state index in [9.17, 15) is 18.0 Å². The molecule has 1 aliphatic rings. The molecule has 0 bridgehead atoms. The van der Waals surface area contributed by atoms with E-state index in [1.165, 1.54) is 0 Å². The van der Waals surface area contributed by atoms with Crippen molar-refractivity contribution in [3.8, 4) is 5.75 Å². The third-order valence-electron chi connectivity index (χ3n) is 4.21. The molecule has 1 saturated heterocycles. The first-order valence-corrected chi connectivity index (χ1v) is 12.4. The lowest BCUT2D eigenvalue weighted by atomic mass is 10.1. The van der Waals surface area contributed by atoms with E-state index in [-0.39, 0.29) is 18.8 Å². The zero-order valence-corrected chi connectivity index (χ0v) is 20.5. The standard InChI is InChI=1S/C20H29BrN2O7S/c1-5-28-18(24)13-31(26,27)22-14-6-7-17(16(21)12-14)29-15-8-10-23(11-9-15)19(25)30-20(2,3)4/h6-7,12,15,22H,5,8-11,13H2,1-4H3. The maximum absolute atomic E-state index is 12.2. The number of nitrogens with zero attached hydrogens (tertiary/aromatic N) is 1. The lowest BCUT2D eigenvalue weighted by Gasteiger charge is -2.33. The van der Waals surface area contributed by atoms with Crippen molar-refractivity contribution in [2.45, 2.75) is 52.2 Å². The van der Waals surface area contributed by atoms with E-state index in [4.69, 9.17) is 9.47 Å². The summed E-state index contributed by atoms with van der Waals surface area (Å²) in [5.41, 5.74) is -0.238. The predicted octanol–water partition coefficient (Wildman–Crippen LogP) is 3.53. The third kappa shape index (κ3) is 8.56. The van der Waals surface area contributed by atoms with Gasteiger partial charge in [-0.15, -0.1) is 0 Å². The Morgan fingerprint density at radius 2 is 1.87 bits per heavy atom. The van der Waals surface area contributed by atoms with Crippen LogP contribution >= 0.6 is 15.9 Å². The molecule has 0 saturated carbocycles. The van der Waals surface area contributed by atoms with Gasteiger partial charge in [0.25, 0.3) is 0 Å². The topological polar surface area (TPSA) is 111 Å². The number of carbonyl (C=O) groups is 2. The average molecular weight is 521 g/mol. The number of nitrogens with one attached hydrogen (secondary N) is 1. The molecule has 0 unspecified atom stereocenters. The fourth-order valence-corrected chi connectivity index (χ4v) is 4.32. The smallest absolute Gasteiger partial charge is 0.410 e. The van der Waals surface area contributed by atoms with Gasteiger partial charge in [-0.05, 0) is 61.8 Å². The van der Waals surface area contributed by atoms with Crippen LogP contribution in [0.5, 0.6) is 5.75 Å². The molecule has 0 atom stereocenters. The molecule has 0 radical (unpaired) electrons. The summed E-state index contributed by atoms with van der Waals surface area (Å²) in [6, 6.07) is 4.76. The van der Waals surface area contributed by atoms with Crippen LogP contribution in [0.15, 0.2) is 22.7 Å². The second-order valence-electron chi connectivity index (χ2n) is 8.10. The summed E-state index contributed by atoms with van der Waals surface area (Å²) >= 11 is 3.39. The number of ether oxygens (including phenoxy) is 3. The second kappa shape index (κ2) is 10.5. The van der Waals surface area contributed by atoms with Gasteiger partial charge in [-0.1, -0.05) is 0 Å². The quantitative estimate of drug-likeness (QED) is 0.547. The molecule has 1 aliphatic heterocycles. The Morgan fingerprint density at radius 3 is 2.42 bits per heavy atom. The van der Waals surface area contributed by atoms with Crippen molar-refractivity contribution < 1.29 is 32.2 Å². The molecule has 1 amide bonds. The minimum Gasteiger partial charge on any atom is -0.489 e. The molecule has 1 aromatic rings. The molecule has 0 spiro atoms. The van der Waals surface area contributed by atoms with Gasteiger partial charge in [0.15, 0.2) is 5.75 Å². The Hall–Kier alpha value is -2.01. The average Bonchev–Trinajstić information content (AvgIpc) is 2.62. The van der Waals surface area contributed by atoms with Crippen molar-refractivity contribution in [2.75, 3.05) is 30.2 Å². The van der Waals surface area contributed by atoms with Crippen LogP contribution in [-0.4, -0.2) is 62.5 Å². The molecule has 2 rings (SSSR count). The van der Waals surface area contributed by atoms with Crippen molar-refractivity contribution >= 4 is 43.7 Å². The summed E-state index contributed by atoms with van der Waals surface area (Å²) in [5.74, 6) is -1.01. The zero-order valence-electron chi connectivity index (χ0n) is 18.1. The number of likely N-dealkylation sites (tertiary alicyclic amines) is 1. The van der Waals surface area contributed by atoms with Crippen molar-refractivity contribution in [1.82, 2.24) is 4.90 Å². The summed E-state index contributed by atoms with van der Waals surface area (Å²) in [4.78, 5) is 25.2. The van der Waals surface area contributed by atoms with Crippen LogP contribution in [0.25, 0.3) is 0 Å². The lowest BCUT2D eigenvalue weighted by molar-refractivity contribution is -0.139. The number of sulfonamides is 1. The maximum Gasteiger partial charge on any atom is 0.410 e. The van der Waals surface area contributed by atoms with Crippen LogP contribution in [0.2, 0.25) is 0 Å².